The second-order valence-electron chi connectivity index (χ2n) is 7.25. The van der Waals surface area contributed by atoms with Gasteiger partial charge in [-0.15, -0.1) is 12.4 Å². The molecule has 0 bridgehead atoms. The minimum absolute atomic E-state index is 0. The van der Waals surface area contributed by atoms with Gasteiger partial charge >= 0.3 is 0 Å². The number of hydrogen-bond donors (Lipinski definition) is 3. The fraction of sp³-hybridized carbons (Fsp3) is 0.550. The lowest BCUT2D eigenvalue weighted by atomic mass is 9.71. The molecule has 0 saturated heterocycles. The molecule has 0 radical (unpaired) electrons. The van der Waals surface area contributed by atoms with Crippen molar-refractivity contribution in [1.29, 1.82) is 0 Å². The number of fused-ring (bicyclic) bond motifs is 1. The molecular formula is C20H30ClN3O. The van der Waals surface area contributed by atoms with Gasteiger partial charge in [0, 0.05) is 30.1 Å². The van der Waals surface area contributed by atoms with Crippen molar-refractivity contribution < 1.29 is 4.79 Å². The number of aryl methyl sites for hydroxylation is 1. The van der Waals surface area contributed by atoms with Crippen LogP contribution in [0.2, 0.25) is 0 Å². The van der Waals surface area contributed by atoms with E-state index in [4.69, 9.17) is 5.73 Å². The molecule has 1 aromatic carbocycles. The van der Waals surface area contributed by atoms with Crippen LogP contribution in [0.3, 0.4) is 0 Å². The summed E-state index contributed by atoms with van der Waals surface area (Å²) < 4.78 is 0. The Bertz CT molecular complexity index is 676. The summed E-state index contributed by atoms with van der Waals surface area (Å²) in [4.78, 5) is 15.6. The Morgan fingerprint density at radius 3 is 2.72 bits per heavy atom. The van der Waals surface area contributed by atoms with Crippen molar-refractivity contribution in [3.05, 3.63) is 36.0 Å². The number of rotatable bonds is 7. The molecule has 4 nitrogen and oxygen atoms in total. The number of hydrogen-bond acceptors (Lipinski definition) is 2. The summed E-state index contributed by atoms with van der Waals surface area (Å²) in [5, 5.41) is 4.38. The molecule has 0 atom stereocenters. The van der Waals surface area contributed by atoms with E-state index in [0.29, 0.717) is 13.0 Å². The predicted molar refractivity (Wildman–Crippen MR) is 106 cm³/mol. The zero-order valence-electron chi connectivity index (χ0n) is 14.9. The Kier molecular flexibility index (Phi) is 7.33. The van der Waals surface area contributed by atoms with Crippen molar-refractivity contribution in [3.63, 3.8) is 0 Å². The van der Waals surface area contributed by atoms with E-state index in [1.165, 1.54) is 35.7 Å². The molecule has 138 valence electrons. The van der Waals surface area contributed by atoms with Crippen molar-refractivity contribution in [2.75, 3.05) is 13.1 Å². The minimum Gasteiger partial charge on any atom is -0.361 e. The first-order valence-electron chi connectivity index (χ1n) is 9.24. The van der Waals surface area contributed by atoms with E-state index in [-0.39, 0.29) is 23.7 Å². The lowest BCUT2D eigenvalue weighted by molar-refractivity contribution is -0.123. The van der Waals surface area contributed by atoms with Crippen LogP contribution in [0.15, 0.2) is 30.5 Å². The van der Waals surface area contributed by atoms with Gasteiger partial charge in [-0.1, -0.05) is 37.5 Å². The van der Waals surface area contributed by atoms with Crippen LogP contribution < -0.4 is 11.1 Å². The Hall–Kier alpha value is -1.52. The summed E-state index contributed by atoms with van der Waals surface area (Å²) in [6.07, 6.45) is 10.5. The topological polar surface area (TPSA) is 70.9 Å². The SMILES string of the molecule is Cl.NCC1(CC(=O)NCCCc2c[nH]c3ccccc23)CCCCC1. The number of carbonyl (C=O) groups excluding carboxylic acids is 1. The second-order valence-corrected chi connectivity index (χ2v) is 7.25. The number of nitrogens with two attached hydrogens (primary N) is 1. The van der Waals surface area contributed by atoms with Gasteiger partial charge in [0.15, 0.2) is 0 Å². The Labute approximate surface area is 156 Å². The zero-order valence-corrected chi connectivity index (χ0v) is 15.7. The van der Waals surface area contributed by atoms with Gasteiger partial charge < -0.3 is 16.0 Å². The molecule has 3 rings (SSSR count). The number of benzene rings is 1. The molecule has 1 heterocycles. The van der Waals surface area contributed by atoms with E-state index in [2.05, 4.69) is 34.7 Å². The average Bonchev–Trinajstić information content (AvgIpc) is 3.03. The molecule has 2 aromatic rings. The molecule has 1 fully saturated rings. The molecular weight excluding hydrogens is 334 g/mol. The number of carbonyl (C=O) groups is 1. The fourth-order valence-electron chi connectivity index (χ4n) is 4.00. The molecule has 25 heavy (non-hydrogen) atoms. The van der Waals surface area contributed by atoms with Crippen LogP contribution in [0.25, 0.3) is 10.9 Å². The summed E-state index contributed by atoms with van der Waals surface area (Å²) in [6.45, 7) is 1.37. The average molecular weight is 364 g/mol. The van der Waals surface area contributed by atoms with Crippen molar-refractivity contribution in [1.82, 2.24) is 10.3 Å². The summed E-state index contributed by atoms with van der Waals surface area (Å²) in [5.74, 6) is 0.168. The molecule has 4 N–H and O–H groups in total. The van der Waals surface area contributed by atoms with E-state index in [1.54, 1.807) is 0 Å². The van der Waals surface area contributed by atoms with Gasteiger partial charge in [0.2, 0.25) is 5.91 Å². The number of nitrogens with one attached hydrogen (secondary N) is 2. The van der Waals surface area contributed by atoms with E-state index in [0.717, 1.165) is 32.2 Å². The molecule has 5 heteroatoms. The van der Waals surface area contributed by atoms with Crippen LogP contribution in [-0.4, -0.2) is 24.0 Å². The molecule has 0 aliphatic heterocycles. The van der Waals surface area contributed by atoms with Gasteiger partial charge in [0.25, 0.3) is 0 Å². The maximum absolute atomic E-state index is 12.3. The highest BCUT2D eigenvalue weighted by atomic mass is 35.5. The smallest absolute Gasteiger partial charge is 0.220 e. The van der Waals surface area contributed by atoms with Gasteiger partial charge in [-0.05, 0) is 49.3 Å². The maximum Gasteiger partial charge on any atom is 0.220 e. The lowest BCUT2D eigenvalue weighted by Crippen LogP contribution is -2.38. The maximum atomic E-state index is 12.3. The number of H-pyrrole nitrogens is 1. The Balaban J connectivity index is 0.00000225. The van der Waals surface area contributed by atoms with Crippen molar-refractivity contribution in [3.8, 4) is 0 Å². The largest absolute Gasteiger partial charge is 0.361 e. The van der Waals surface area contributed by atoms with Gasteiger partial charge in [0.1, 0.15) is 0 Å². The number of amides is 1. The van der Waals surface area contributed by atoms with Crippen LogP contribution in [0.5, 0.6) is 0 Å². The Morgan fingerprint density at radius 2 is 1.96 bits per heavy atom. The summed E-state index contributed by atoms with van der Waals surface area (Å²) in [5.41, 5.74) is 8.53. The van der Waals surface area contributed by atoms with Crippen molar-refractivity contribution >= 4 is 29.2 Å². The van der Waals surface area contributed by atoms with Crippen LogP contribution in [0, 0.1) is 5.41 Å². The Morgan fingerprint density at radius 1 is 1.20 bits per heavy atom. The van der Waals surface area contributed by atoms with E-state index >= 15 is 0 Å². The van der Waals surface area contributed by atoms with E-state index in [9.17, 15) is 4.79 Å². The number of halogens is 1. The van der Waals surface area contributed by atoms with Gasteiger partial charge in [0.05, 0.1) is 0 Å². The molecule has 0 unspecified atom stereocenters. The normalized spacial score (nSPS) is 16.4. The summed E-state index contributed by atoms with van der Waals surface area (Å²) in [6, 6.07) is 8.35. The second kappa shape index (κ2) is 9.25. The van der Waals surface area contributed by atoms with E-state index < -0.39 is 0 Å². The molecule has 1 aromatic heterocycles. The highest BCUT2D eigenvalue weighted by molar-refractivity contribution is 5.85. The third-order valence-corrected chi connectivity index (χ3v) is 5.50. The molecule has 1 amide bonds. The summed E-state index contributed by atoms with van der Waals surface area (Å²) >= 11 is 0. The first kappa shape index (κ1) is 19.8. The van der Waals surface area contributed by atoms with E-state index in [1.807, 2.05) is 6.07 Å². The standard InChI is InChI=1S/C20H29N3O.ClH/c21-15-20(10-4-1-5-11-20)13-19(24)22-12-6-7-16-14-23-18-9-3-2-8-17(16)18;/h2-3,8-9,14,23H,1,4-7,10-13,15,21H2,(H,22,24);1H. The fourth-order valence-corrected chi connectivity index (χ4v) is 4.00. The summed E-state index contributed by atoms with van der Waals surface area (Å²) in [7, 11) is 0. The monoisotopic (exact) mass is 363 g/mol. The van der Waals surface area contributed by atoms with Crippen LogP contribution >= 0.6 is 12.4 Å². The van der Waals surface area contributed by atoms with Gasteiger partial charge in [-0.2, -0.15) is 0 Å². The van der Waals surface area contributed by atoms with Crippen molar-refractivity contribution in [2.24, 2.45) is 11.1 Å². The molecule has 1 aliphatic carbocycles. The lowest BCUT2D eigenvalue weighted by Gasteiger charge is -2.35. The zero-order chi connectivity index (χ0) is 16.8. The molecule has 1 aliphatic rings. The van der Waals surface area contributed by atoms with Crippen LogP contribution in [0.4, 0.5) is 0 Å². The highest BCUT2D eigenvalue weighted by Gasteiger charge is 2.32. The first-order chi connectivity index (χ1) is 11.7. The molecule has 0 spiro atoms. The van der Waals surface area contributed by atoms with Gasteiger partial charge in [-0.25, -0.2) is 0 Å². The minimum atomic E-state index is 0. The number of para-hydroxylation sites is 1. The molecule has 1 saturated carbocycles. The number of aromatic amines is 1. The third kappa shape index (κ3) is 4.99. The quantitative estimate of drug-likeness (QED) is 0.652. The van der Waals surface area contributed by atoms with Crippen molar-refractivity contribution in [2.45, 2.75) is 51.4 Å². The first-order valence-corrected chi connectivity index (χ1v) is 9.24. The third-order valence-electron chi connectivity index (χ3n) is 5.50. The number of aromatic nitrogens is 1. The highest BCUT2D eigenvalue weighted by Crippen LogP contribution is 2.38. The van der Waals surface area contributed by atoms with Crippen LogP contribution in [-0.2, 0) is 11.2 Å². The van der Waals surface area contributed by atoms with Crippen LogP contribution in [0.1, 0.15) is 50.5 Å². The predicted octanol–water partition coefficient (Wildman–Crippen LogP) is 3.94. The van der Waals surface area contributed by atoms with Gasteiger partial charge in [-0.3, -0.25) is 4.79 Å².